The van der Waals surface area contributed by atoms with Crippen LogP contribution in [0, 0.1) is 22.8 Å². The van der Waals surface area contributed by atoms with Crippen molar-refractivity contribution in [1.29, 1.82) is 0 Å². The van der Waals surface area contributed by atoms with Crippen LogP contribution in [0.5, 0.6) is 0 Å². The largest absolute Gasteiger partial charge is 0.481 e. The topological polar surface area (TPSA) is 97.6 Å². The Hall–Kier alpha value is -3.70. The molecule has 4 aromatic rings. The Morgan fingerprint density at radius 3 is 2.66 bits per heavy atom. The quantitative estimate of drug-likeness (QED) is 0.259. The second-order valence-corrected chi connectivity index (χ2v) is 11.8. The zero-order valence-corrected chi connectivity index (χ0v) is 23.4. The third-order valence-electron chi connectivity index (χ3n) is 7.91. The van der Waals surface area contributed by atoms with Gasteiger partial charge in [-0.25, -0.2) is 14.4 Å². The summed E-state index contributed by atoms with van der Waals surface area (Å²) in [5, 5.41) is 10.0. The van der Waals surface area contributed by atoms with E-state index < -0.39 is 22.8 Å². The molecule has 1 saturated heterocycles. The Bertz CT molecular complexity index is 1610. The Morgan fingerprint density at radius 1 is 1.15 bits per heavy atom. The van der Waals surface area contributed by atoms with Gasteiger partial charge in [-0.05, 0) is 67.9 Å². The first kappa shape index (κ1) is 27.5. The van der Waals surface area contributed by atoms with Gasteiger partial charge in [0.2, 0.25) is 11.0 Å². The van der Waals surface area contributed by atoms with Crippen molar-refractivity contribution in [2.75, 3.05) is 18.1 Å². The number of hydrogen-bond acceptors (Lipinski definition) is 6. The minimum Gasteiger partial charge on any atom is -0.481 e. The molecule has 41 heavy (non-hydrogen) atoms. The minimum absolute atomic E-state index is 0.0506. The summed E-state index contributed by atoms with van der Waals surface area (Å²) in [6, 6.07) is 7.81. The molecule has 1 saturated carbocycles. The number of benzene rings is 1. The van der Waals surface area contributed by atoms with Gasteiger partial charge in [-0.3, -0.25) is 14.5 Å². The van der Waals surface area contributed by atoms with Gasteiger partial charge in [-0.2, -0.15) is 4.39 Å². The molecule has 0 spiro atoms. The van der Waals surface area contributed by atoms with Gasteiger partial charge in [0.15, 0.2) is 5.13 Å². The predicted molar refractivity (Wildman–Crippen MR) is 152 cm³/mol. The fourth-order valence-corrected chi connectivity index (χ4v) is 6.54. The van der Waals surface area contributed by atoms with E-state index in [2.05, 4.69) is 9.97 Å². The molecule has 0 radical (unpaired) electrons. The van der Waals surface area contributed by atoms with Crippen molar-refractivity contribution in [3.05, 3.63) is 53.7 Å². The number of carboxylic acid groups (broad SMARTS) is 1. The first-order chi connectivity index (χ1) is 19.8. The lowest BCUT2D eigenvalue weighted by molar-refractivity contribution is -0.141. The number of carbonyl (C=O) groups excluding carboxylic acids is 1. The van der Waals surface area contributed by atoms with Gasteiger partial charge in [-0.15, -0.1) is 0 Å². The molecule has 0 bridgehead atoms. The number of hydrogen-bond donors (Lipinski definition) is 1. The SMILES string of the molecule is Cn1ccc2cc(-c3ccc(F)cc3-c3nc(N(C(=O)C(CC(=O)O)CC4CCOCC4)C4CC4)sc3F)cnc21. The number of halogens is 2. The standard InChI is InChI=1S/C30H30F2N4O4S/c1-35-9-6-18-13-20(16-33-28(18)35)23-5-2-21(31)15-24(23)26-27(32)41-30(34-26)36(22-3-4-22)29(39)19(14-25(37)38)12-17-7-10-40-11-8-17/h2,5-6,9,13,15-17,19,22H,3-4,7-8,10-12,14H2,1H3,(H,37,38). The van der Waals surface area contributed by atoms with Crippen LogP contribution in [-0.4, -0.2) is 50.8 Å². The molecule has 1 atom stereocenters. The molecule has 1 aliphatic carbocycles. The van der Waals surface area contributed by atoms with Gasteiger partial charge >= 0.3 is 5.97 Å². The molecule has 2 fully saturated rings. The highest BCUT2D eigenvalue weighted by atomic mass is 32.1. The van der Waals surface area contributed by atoms with Crippen LogP contribution in [-0.2, 0) is 21.4 Å². The number of carbonyl (C=O) groups is 2. The van der Waals surface area contributed by atoms with Gasteiger partial charge in [0.25, 0.3) is 0 Å². The number of aromatic nitrogens is 3. The van der Waals surface area contributed by atoms with Crippen LogP contribution >= 0.6 is 11.3 Å². The van der Waals surface area contributed by atoms with E-state index in [0.717, 1.165) is 48.1 Å². The maximum Gasteiger partial charge on any atom is 0.304 e. The van der Waals surface area contributed by atoms with Crippen LogP contribution in [0.1, 0.15) is 38.5 Å². The Labute approximate surface area is 239 Å². The molecule has 1 N–H and O–H groups in total. The zero-order valence-electron chi connectivity index (χ0n) is 22.6. The number of carboxylic acids is 1. The molecular formula is C30H30F2N4O4S. The summed E-state index contributed by atoms with van der Waals surface area (Å²) in [6.07, 6.45) is 6.69. The highest BCUT2D eigenvalue weighted by molar-refractivity contribution is 7.14. The maximum absolute atomic E-state index is 15.6. The van der Waals surface area contributed by atoms with Crippen molar-refractivity contribution in [3.63, 3.8) is 0 Å². The van der Waals surface area contributed by atoms with Crippen molar-refractivity contribution in [3.8, 4) is 22.4 Å². The van der Waals surface area contributed by atoms with Crippen molar-refractivity contribution in [2.45, 2.75) is 44.6 Å². The zero-order chi connectivity index (χ0) is 28.7. The van der Waals surface area contributed by atoms with Gasteiger partial charge in [0, 0.05) is 61.1 Å². The van der Waals surface area contributed by atoms with Crippen LogP contribution in [0.15, 0.2) is 42.7 Å². The summed E-state index contributed by atoms with van der Waals surface area (Å²) >= 11 is 0.730. The van der Waals surface area contributed by atoms with Gasteiger partial charge < -0.3 is 14.4 Å². The number of aryl methyl sites for hydroxylation is 1. The summed E-state index contributed by atoms with van der Waals surface area (Å²) in [6.45, 7) is 1.18. The van der Waals surface area contributed by atoms with E-state index in [4.69, 9.17) is 4.74 Å². The number of pyridine rings is 1. The first-order valence-corrected chi connectivity index (χ1v) is 14.6. The molecule has 8 nitrogen and oxygen atoms in total. The summed E-state index contributed by atoms with van der Waals surface area (Å²) in [5.41, 5.74) is 2.24. The first-order valence-electron chi connectivity index (χ1n) is 13.8. The van der Waals surface area contributed by atoms with E-state index in [1.165, 1.54) is 17.0 Å². The van der Waals surface area contributed by atoms with E-state index in [1.807, 2.05) is 29.9 Å². The number of rotatable bonds is 9. The minimum atomic E-state index is -1.05. The molecule has 1 amide bonds. The summed E-state index contributed by atoms with van der Waals surface area (Å²) < 4.78 is 37.5. The van der Waals surface area contributed by atoms with Crippen molar-refractivity contribution < 1.29 is 28.2 Å². The number of anilines is 1. The van der Waals surface area contributed by atoms with E-state index in [-0.39, 0.29) is 40.7 Å². The Balaban J connectivity index is 1.36. The molecular weight excluding hydrogens is 550 g/mol. The molecule has 214 valence electrons. The van der Waals surface area contributed by atoms with Crippen LogP contribution in [0.25, 0.3) is 33.4 Å². The monoisotopic (exact) mass is 580 g/mol. The number of aliphatic carboxylic acids is 1. The van der Waals surface area contributed by atoms with Crippen molar-refractivity contribution in [1.82, 2.24) is 14.5 Å². The predicted octanol–water partition coefficient (Wildman–Crippen LogP) is 6.05. The number of ether oxygens (including phenoxy) is 1. The lowest BCUT2D eigenvalue weighted by Crippen LogP contribution is -2.40. The van der Waals surface area contributed by atoms with Crippen LogP contribution in [0.4, 0.5) is 13.9 Å². The van der Waals surface area contributed by atoms with Crippen LogP contribution in [0.2, 0.25) is 0 Å². The number of thiazole rings is 1. The lowest BCUT2D eigenvalue weighted by Gasteiger charge is -2.29. The molecule has 11 heteroatoms. The molecule has 1 aromatic carbocycles. The maximum atomic E-state index is 15.6. The highest BCUT2D eigenvalue weighted by Gasteiger charge is 2.40. The van der Waals surface area contributed by atoms with Crippen LogP contribution < -0.4 is 4.90 Å². The Morgan fingerprint density at radius 2 is 1.93 bits per heavy atom. The highest BCUT2D eigenvalue weighted by Crippen LogP contribution is 2.42. The van der Waals surface area contributed by atoms with E-state index in [9.17, 15) is 19.1 Å². The molecule has 4 heterocycles. The van der Waals surface area contributed by atoms with Crippen LogP contribution in [0.3, 0.4) is 0 Å². The molecule has 3 aromatic heterocycles. The summed E-state index contributed by atoms with van der Waals surface area (Å²) in [7, 11) is 1.89. The van der Waals surface area contributed by atoms with E-state index in [1.54, 1.807) is 12.3 Å². The molecule has 2 aliphatic rings. The van der Waals surface area contributed by atoms with Gasteiger partial charge in [0.1, 0.15) is 17.2 Å². The van der Waals surface area contributed by atoms with Crippen molar-refractivity contribution >= 4 is 39.4 Å². The molecule has 1 unspecified atom stereocenters. The second kappa shape index (κ2) is 11.3. The fourth-order valence-electron chi connectivity index (χ4n) is 5.65. The Kier molecular flexibility index (Phi) is 7.56. The fraction of sp³-hybridized carbons (Fsp3) is 0.400. The second-order valence-electron chi connectivity index (χ2n) is 10.9. The lowest BCUT2D eigenvalue weighted by atomic mass is 9.86. The summed E-state index contributed by atoms with van der Waals surface area (Å²) in [5.74, 6) is -2.50. The normalized spacial score (nSPS) is 16.7. The average molecular weight is 581 g/mol. The van der Waals surface area contributed by atoms with Gasteiger partial charge in [-0.1, -0.05) is 17.4 Å². The van der Waals surface area contributed by atoms with E-state index >= 15 is 4.39 Å². The molecule has 6 rings (SSSR count). The number of fused-ring (bicyclic) bond motifs is 1. The number of nitrogens with zero attached hydrogens (tertiary/aromatic N) is 4. The summed E-state index contributed by atoms with van der Waals surface area (Å²) in [4.78, 5) is 36.2. The average Bonchev–Trinajstić information content (AvgIpc) is 3.61. The third-order valence-corrected chi connectivity index (χ3v) is 8.76. The molecule has 1 aliphatic heterocycles. The van der Waals surface area contributed by atoms with Gasteiger partial charge in [0.05, 0.1) is 6.42 Å². The number of amides is 1. The van der Waals surface area contributed by atoms with E-state index in [0.29, 0.717) is 30.8 Å². The third kappa shape index (κ3) is 5.73. The smallest absolute Gasteiger partial charge is 0.304 e. The van der Waals surface area contributed by atoms with Crippen molar-refractivity contribution in [2.24, 2.45) is 18.9 Å².